The number of rotatable bonds is 18. The number of imidazole rings is 2. The molecule has 0 unspecified atom stereocenters. The van der Waals surface area contributed by atoms with Crippen LogP contribution in [0.15, 0.2) is 22.2 Å². The van der Waals surface area contributed by atoms with Gasteiger partial charge >= 0.3 is 5.69 Å². The number of nitrogens with zero attached hydrogens (tertiary/aromatic N) is 4. The number of hydrogen-bond donors (Lipinski definition) is 2. The first-order valence-electron chi connectivity index (χ1n) is 13.6. The van der Waals surface area contributed by atoms with Crippen molar-refractivity contribution in [2.75, 3.05) is 26.4 Å². The molecule has 2 aromatic heterocycles. The van der Waals surface area contributed by atoms with E-state index in [0.717, 1.165) is 67.9 Å². The molecule has 8 nitrogen and oxygen atoms in total. The third kappa shape index (κ3) is 8.76. The number of hydrogen-bond acceptors (Lipinski definition) is 6. The van der Waals surface area contributed by atoms with Gasteiger partial charge in [-0.2, -0.15) is 0 Å². The predicted octanol–water partition coefficient (Wildman–Crippen LogP) is 5.95. The zero-order valence-corrected chi connectivity index (χ0v) is 25.4. The van der Waals surface area contributed by atoms with Gasteiger partial charge in [-0.1, -0.05) is 0 Å². The molecule has 2 heterocycles. The van der Waals surface area contributed by atoms with Crippen LogP contribution in [0.1, 0.15) is 86.5 Å². The van der Waals surface area contributed by atoms with E-state index in [2.05, 4.69) is 42.5 Å². The summed E-state index contributed by atoms with van der Waals surface area (Å²) in [7, 11) is 0. The quantitative estimate of drug-likeness (QED) is 0.135. The standard InChI is InChI=1S/C27H48N4O4S2/c1-7-28-20-22(32)30(24(28)33)26(3,4)14-9-11-16-34-18-13-19-35-17-12-10-15-27(5,6)31-23(36)21-29(8-2)25(31)37/h20-21,32,36H,7-19H2,1-6H3. The van der Waals surface area contributed by atoms with Crippen molar-refractivity contribution in [1.29, 1.82) is 0 Å². The average molecular weight is 557 g/mol. The Hall–Kier alpha value is -1.49. The Morgan fingerprint density at radius 2 is 1.30 bits per heavy atom. The second-order valence-electron chi connectivity index (χ2n) is 10.9. The van der Waals surface area contributed by atoms with Crippen LogP contribution < -0.4 is 5.69 Å². The van der Waals surface area contributed by atoms with Gasteiger partial charge in [0.1, 0.15) is 0 Å². The molecule has 212 valence electrons. The summed E-state index contributed by atoms with van der Waals surface area (Å²) in [6.07, 6.45) is 10.1. The molecule has 2 aromatic rings. The third-order valence-electron chi connectivity index (χ3n) is 7.00. The minimum absolute atomic E-state index is 0.0276. The van der Waals surface area contributed by atoms with Gasteiger partial charge in [0, 0.05) is 56.8 Å². The van der Waals surface area contributed by atoms with E-state index in [9.17, 15) is 9.90 Å². The van der Waals surface area contributed by atoms with Gasteiger partial charge < -0.3 is 23.7 Å². The molecular formula is C27H48N4O4S2. The van der Waals surface area contributed by atoms with Crippen molar-refractivity contribution < 1.29 is 14.6 Å². The van der Waals surface area contributed by atoms with Gasteiger partial charge in [0.15, 0.2) is 4.77 Å². The van der Waals surface area contributed by atoms with Crippen LogP contribution in [0.3, 0.4) is 0 Å². The van der Waals surface area contributed by atoms with E-state index < -0.39 is 5.54 Å². The SMILES string of the molecule is CCn1cc(O)n(C(C)(C)CCCCOCCCOCCCCC(C)(C)n2c(S)cn(CC)c2=S)c1=O. The molecule has 0 bridgehead atoms. The molecule has 10 heteroatoms. The topological polar surface area (TPSA) is 75.5 Å². The molecule has 0 saturated carbocycles. The number of ether oxygens (including phenoxy) is 2. The first kappa shape index (κ1) is 31.7. The van der Waals surface area contributed by atoms with E-state index in [1.807, 2.05) is 27.0 Å². The van der Waals surface area contributed by atoms with E-state index in [1.165, 1.54) is 15.3 Å². The highest BCUT2D eigenvalue weighted by Gasteiger charge is 2.26. The zero-order valence-electron chi connectivity index (χ0n) is 23.7. The molecule has 0 radical (unpaired) electrons. The molecule has 0 spiro atoms. The Bertz CT molecular complexity index is 997. The molecule has 0 aliphatic heterocycles. The molecule has 0 amide bonds. The second kappa shape index (κ2) is 14.6. The minimum Gasteiger partial charge on any atom is -0.493 e. The fourth-order valence-electron chi connectivity index (χ4n) is 4.76. The summed E-state index contributed by atoms with van der Waals surface area (Å²) in [5, 5.41) is 11.1. The van der Waals surface area contributed by atoms with E-state index in [0.29, 0.717) is 26.4 Å². The van der Waals surface area contributed by atoms with Crippen molar-refractivity contribution in [3.63, 3.8) is 0 Å². The number of aromatic nitrogens is 4. The van der Waals surface area contributed by atoms with E-state index in [1.54, 1.807) is 0 Å². The highest BCUT2D eigenvalue weighted by molar-refractivity contribution is 7.80. The molecule has 0 saturated heterocycles. The maximum Gasteiger partial charge on any atom is 0.331 e. The smallest absolute Gasteiger partial charge is 0.331 e. The largest absolute Gasteiger partial charge is 0.493 e. The summed E-state index contributed by atoms with van der Waals surface area (Å²) >= 11 is 10.3. The van der Waals surface area contributed by atoms with Crippen LogP contribution in [0, 0.1) is 4.77 Å². The average Bonchev–Trinajstić information content (AvgIpc) is 3.30. The van der Waals surface area contributed by atoms with Crippen LogP contribution in [0.4, 0.5) is 0 Å². The van der Waals surface area contributed by atoms with Crippen molar-refractivity contribution in [3.05, 3.63) is 27.6 Å². The summed E-state index contributed by atoms with van der Waals surface area (Å²) in [4.78, 5) is 12.4. The fourth-order valence-corrected chi connectivity index (χ4v) is 5.86. The molecule has 0 atom stereocenters. The monoisotopic (exact) mass is 556 g/mol. The Morgan fingerprint density at radius 1 is 0.811 bits per heavy atom. The van der Waals surface area contributed by atoms with Gasteiger partial charge in [-0.25, -0.2) is 4.79 Å². The van der Waals surface area contributed by atoms with Crippen LogP contribution >= 0.6 is 24.8 Å². The number of aromatic hydroxyl groups is 1. The first-order chi connectivity index (χ1) is 17.5. The van der Waals surface area contributed by atoms with Gasteiger partial charge in [-0.3, -0.25) is 9.13 Å². The lowest BCUT2D eigenvalue weighted by atomic mass is 9.97. The van der Waals surface area contributed by atoms with Crippen LogP contribution in [-0.4, -0.2) is 49.8 Å². The normalized spacial score (nSPS) is 12.5. The van der Waals surface area contributed by atoms with Crippen LogP contribution in [0.5, 0.6) is 5.88 Å². The van der Waals surface area contributed by atoms with E-state index in [4.69, 9.17) is 21.7 Å². The van der Waals surface area contributed by atoms with Gasteiger partial charge in [0.25, 0.3) is 0 Å². The first-order valence-corrected chi connectivity index (χ1v) is 14.5. The second-order valence-corrected chi connectivity index (χ2v) is 11.7. The zero-order chi connectivity index (χ0) is 27.6. The maximum absolute atomic E-state index is 12.4. The molecule has 0 aliphatic rings. The Balaban J connectivity index is 1.52. The van der Waals surface area contributed by atoms with E-state index >= 15 is 0 Å². The van der Waals surface area contributed by atoms with Crippen molar-refractivity contribution in [3.8, 4) is 5.88 Å². The number of aryl methyl sites for hydroxylation is 2. The molecular weight excluding hydrogens is 508 g/mol. The lowest BCUT2D eigenvalue weighted by Gasteiger charge is -2.28. The summed E-state index contributed by atoms with van der Waals surface area (Å²) < 4.78 is 19.6. The Morgan fingerprint density at radius 3 is 1.76 bits per heavy atom. The van der Waals surface area contributed by atoms with Crippen molar-refractivity contribution in [2.24, 2.45) is 0 Å². The Labute approximate surface area is 233 Å². The van der Waals surface area contributed by atoms with Crippen molar-refractivity contribution in [2.45, 2.75) is 116 Å². The maximum atomic E-state index is 12.4. The molecule has 0 aromatic carbocycles. The summed E-state index contributed by atoms with van der Waals surface area (Å²) in [5.74, 6) is 0.0276. The van der Waals surface area contributed by atoms with Crippen LogP contribution in [0.2, 0.25) is 0 Å². The highest BCUT2D eigenvalue weighted by atomic mass is 32.1. The summed E-state index contributed by atoms with van der Waals surface area (Å²) in [6, 6.07) is 0. The van der Waals surface area contributed by atoms with E-state index in [-0.39, 0.29) is 17.1 Å². The van der Waals surface area contributed by atoms with Crippen LogP contribution in [-0.2, 0) is 33.6 Å². The van der Waals surface area contributed by atoms with Gasteiger partial charge in [-0.05, 0) is 98.7 Å². The lowest BCUT2D eigenvalue weighted by molar-refractivity contribution is 0.0778. The van der Waals surface area contributed by atoms with Crippen LogP contribution in [0.25, 0.3) is 0 Å². The number of thiol groups is 1. The number of unbranched alkanes of at least 4 members (excludes halogenated alkanes) is 2. The molecule has 1 N–H and O–H groups in total. The van der Waals surface area contributed by atoms with Crippen molar-refractivity contribution in [1.82, 2.24) is 18.3 Å². The summed E-state index contributed by atoms with van der Waals surface area (Å²) in [6.45, 7) is 16.6. The minimum atomic E-state index is -0.438. The third-order valence-corrected chi connectivity index (χ3v) is 7.73. The highest BCUT2D eigenvalue weighted by Crippen LogP contribution is 2.28. The lowest BCUT2D eigenvalue weighted by Crippen LogP contribution is -2.36. The predicted molar refractivity (Wildman–Crippen MR) is 155 cm³/mol. The van der Waals surface area contributed by atoms with Crippen molar-refractivity contribution >= 4 is 24.8 Å². The van der Waals surface area contributed by atoms with Gasteiger partial charge in [0.05, 0.1) is 11.2 Å². The molecule has 0 aliphatic carbocycles. The van der Waals surface area contributed by atoms with Gasteiger partial charge in [-0.15, -0.1) is 12.6 Å². The fraction of sp³-hybridized carbons (Fsp3) is 0.778. The molecule has 37 heavy (non-hydrogen) atoms. The molecule has 0 fully saturated rings. The molecule has 2 rings (SSSR count). The summed E-state index contributed by atoms with van der Waals surface area (Å²) in [5.41, 5.74) is -0.672. The Kier molecular flexibility index (Phi) is 12.5. The van der Waals surface area contributed by atoms with Gasteiger partial charge in [0.2, 0.25) is 5.88 Å².